The van der Waals surface area contributed by atoms with Crippen LogP contribution >= 0.6 is 0 Å². The number of aliphatic hydroxyl groups is 2. The van der Waals surface area contributed by atoms with Gasteiger partial charge in [0.25, 0.3) is 0 Å². The molecule has 4 nitrogen and oxygen atoms in total. The Bertz CT molecular complexity index is 996. The van der Waals surface area contributed by atoms with Crippen molar-refractivity contribution in [2.45, 2.75) is 160 Å². The van der Waals surface area contributed by atoms with Gasteiger partial charge in [0.2, 0.25) is 0 Å². The number of aromatic hydroxyl groups is 2. The fourth-order valence-electron chi connectivity index (χ4n) is 7.73. The zero-order valence-electron chi connectivity index (χ0n) is 26.9. The molecule has 2 aliphatic rings. The summed E-state index contributed by atoms with van der Waals surface area (Å²) in [7, 11) is 0. The molecule has 0 aromatic heterocycles. The van der Waals surface area contributed by atoms with Gasteiger partial charge in [-0.2, -0.15) is 0 Å². The summed E-state index contributed by atoms with van der Waals surface area (Å²) in [4.78, 5) is 0. The fourth-order valence-corrected chi connectivity index (χ4v) is 7.73. The predicted octanol–water partition coefficient (Wildman–Crippen LogP) is 9.75. The van der Waals surface area contributed by atoms with Gasteiger partial charge >= 0.3 is 0 Å². The van der Waals surface area contributed by atoms with Crippen LogP contribution in [0.1, 0.15) is 174 Å². The normalized spacial score (nSPS) is 16.6. The number of aryl methyl sites for hydroxylation is 2. The number of unbranched alkanes of at least 4 members (excludes halogenated alkanes) is 8. The maximum Gasteiger partial charge on any atom is 0.122 e. The van der Waals surface area contributed by atoms with Gasteiger partial charge in [-0.25, -0.2) is 0 Å². The molecular formula is C39H60O4. The van der Waals surface area contributed by atoms with Crippen molar-refractivity contribution in [1.29, 1.82) is 0 Å². The Morgan fingerprint density at radius 2 is 0.837 bits per heavy atom. The van der Waals surface area contributed by atoms with E-state index in [4.69, 9.17) is 10.2 Å². The molecular weight excluding hydrogens is 532 g/mol. The van der Waals surface area contributed by atoms with Gasteiger partial charge in [-0.3, -0.25) is 0 Å². The van der Waals surface area contributed by atoms with Crippen molar-refractivity contribution in [1.82, 2.24) is 0 Å². The van der Waals surface area contributed by atoms with Gasteiger partial charge in [-0.1, -0.05) is 101 Å². The van der Waals surface area contributed by atoms with Gasteiger partial charge in [0.1, 0.15) is 11.5 Å². The molecule has 0 bridgehead atoms. The topological polar surface area (TPSA) is 80.9 Å². The van der Waals surface area contributed by atoms with Gasteiger partial charge in [0.15, 0.2) is 0 Å². The molecule has 4 heteroatoms. The summed E-state index contributed by atoms with van der Waals surface area (Å²) in [6.45, 7) is 0.570. The van der Waals surface area contributed by atoms with Gasteiger partial charge in [-0.15, -0.1) is 0 Å². The van der Waals surface area contributed by atoms with Crippen LogP contribution in [0.5, 0.6) is 11.5 Å². The molecule has 0 spiro atoms. The molecule has 2 aromatic carbocycles. The van der Waals surface area contributed by atoms with E-state index in [1.807, 2.05) is 0 Å². The summed E-state index contributed by atoms with van der Waals surface area (Å²) in [5.74, 6) is 1.79. The van der Waals surface area contributed by atoms with Crippen molar-refractivity contribution in [2.24, 2.45) is 0 Å². The number of aliphatic hydroxyl groups excluding tert-OH is 2. The Labute approximate surface area is 262 Å². The van der Waals surface area contributed by atoms with E-state index < -0.39 is 0 Å². The first kappa shape index (κ1) is 33.8. The van der Waals surface area contributed by atoms with Crippen LogP contribution in [0.2, 0.25) is 0 Å². The Balaban J connectivity index is 1.58. The molecule has 0 atom stereocenters. The molecule has 2 saturated carbocycles. The SMILES string of the molecule is OCCCCCCCc1cc(Cc2cc(CCCCCCCO)cc(C3CCCCC3)c2O)c(O)c(C2CCCCC2)c1. The highest BCUT2D eigenvalue weighted by Gasteiger charge is 2.24. The summed E-state index contributed by atoms with van der Waals surface area (Å²) in [6.07, 6.45) is 25.7. The van der Waals surface area contributed by atoms with Gasteiger partial charge < -0.3 is 20.4 Å². The first-order valence-electron chi connectivity index (χ1n) is 18.0. The highest BCUT2D eigenvalue weighted by Crippen LogP contribution is 2.43. The van der Waals surface area contributed by atoms with E-state index in [1.165, 1.54) is 62.5 Å². The average molecular weight is 593 g/mol. The minimum atomic E-state index is 0.285. The van der Waals surface area contributed by atoms with Crippen LogP contribution in [-0.2, 0) is 19.3 Å². The van der Waals surface area contributed by atoms with Gasteiger partial charge in [0.05, 0.1) is 0 Å². The van der Waals surface area contributed by atoms with E-state index in [1.54, 1.807) is 0 Å². The molecule has 2 fully saturated rings. The zero-order valence-corrected chi connectivity index (χ0v) is 26.9. The summed E-state index contributed by atoms with van der Waals surface area (Å²) < 4.78 is 0. The van der Waals surface area contributed by atoms with Crippen LogP contribution in [-0.4, -0.2) is 33.6 Å². The van der Waals surface area contributed by atoms with Crippen molar-refractivity contribution in [3.05, 3.63) is 57.6 Å². The third-order valence-corrected chi connectivity index (χ3v) is 10.3. The molecule has 2 aromatic rings. The summed E-state index contributed by atoms with van der Waals surface area (Å²) in [5, 5.41) is 41.6. The predicted molar refractivity (Wildman–Crippen MR) is 178 cm³/mol. The molecule has 240 valence electrons. The second kappa shape index (κ2) is 18.7. The van der Waals surface area contributed by atoms with E-state index in [0.29, 0.717) is 29.8 Å². The van der Waals surface area contributed by atoms with Crippen LogP contribution in [0.15, 0.2) is 24.3 Å². The molecule has 0 unspecified atom stereocenters. The smallest absolute Gasteiger partial charge is 0.122 e. The maximum atomic E-state index is 11.7. The number of hydrogen-bond acceptors (Lipinski definition) is 4. The first-order chi connectivity index (χ1) is 21.1. The van der Waals surface area contributed by atoms with Crippen LogP contribution < -0.4 is 0 Å². The van der Waals surface area contributed by atoms with Gasteiger partial charge in [-0.05, 0) is 109 Å². The lowest BCUT2D eigenvalue weighted by Crippen LogP contribution is -2.08. The molecule has 0 saturated heterocycles. The Morgan fingerprint density at radius 3 is 1.23 bits per heavy atom. The largest absolute Gasteiger partial charge is 0.507 e. The van der Waals surface area contributed by atoms with Crippen LogP contribution in [0, 0.1) is 0 Å². The molecule has 0 heterocycles. The van der Waals surface area contributed by atoms with Crippen molar-refractivity contribution >= 4 is 0 Å². The third-order valence-electron chi connectivity index (χ3n) is 10.3. The molecule has 2 aliphatic carbocycles. The number of phenolic OH excluding ortho intramolecular Hbond substituents is 2. The minimum Gasteiger partial charge on any atom is -0.507 e. The van der Waals surface area contributed by atoms with Crippen molar-refractivity contribution in [3.8, 4) is 11.5 Å². The summed E-state index contributed by atoms with van der Waals surface area (Å²) >= 11 is 0. The van der Waals surface area contributed by atoms with E-state index in [0.717, 1.165) is 112 Å². The van der Waals surface area contributed by atoms with E-state index in [-0.39, 0.29) is 13.2 Å². The lowest BCUT2D eigenvalue weighted by molar-refractivity contribution is 0.282. The van der Waals surface area contributed by atoms with E-state index in [2.05, 4.69) is 24.3 Å². The minimum absolute atomic E-state index is 0.285. The van der Waals surface area contributed by atoms with Crippen molar-refractivity contribution < 1.29 is 20.4 Å². The first-order valence-corrected chi connectivity index (χ1v) is 18.0. The Morgan fingerprint density at radius 1 is 0.465 bits per heavy atom. The molecule has 4 N–H and O–H groups in total. The standard InChI is InChI=1S/C39H60O4/c40-23-15-5-1-3-9-17-30-25-34(38(42)36(27-30)32-19-11-7-12-20-32)29-35-26-31(18-10-4-2-6-16-24-41)28-37(39(35)43)33-21-13-8-14-22-33/h25-28,32-33,40-43H,1-24,29H2. The molecule has 43 heavy (non-hydrogen) atoms. The Hall–Kier alpha value is -2.04. The third kappa shape index (κ3) is 10.5. The van der Waals surface area contributed by atoms with Crippen LogP contribution in [0.25, 0.3) is 0 Å². The zero-order chi connectivity index (χ0) is 30.3. The lowest BCUT2D eigenvalue weighted by Gasteiger charge is -2.26. The summed E-state index contributed by atoms with van der Waals surface area (Å²) in [5.41, 5.74) is 6.87. The molecule has 0 radical (unpaired) electrons. The maximum absolute atomic E-state index is 11.7. The number of rotatable bonds is 18. The lowest BCUT2D eigenvalue weighted by atomic mass is 9.80. The summed E-state index contributed by atoms with van der Waals surface area (Å²) in [6, 6.07) is 9.04. The molecule has 0 aliphatic heterocycles. The quantitative estimate of drug-likeness (QED) is 0.130. The number of phenols is 2. The highest BCUT2D eigenvalue weighted by atomic mass is 16.3. The Kier molecular flexibility index (Phi) is 14.7. The van der Waals surface area contributed by atoms with Crippen molar-refractivity contribution in [2.75, 3.05) is 13.2 Å². The van der Waals surface area contributed by atoms with Crippen LogP contribution in [0.4, 0.5) is 0 Å². The second-order valence-electron chi connectivity index (χ2n) is 13.7. The van der Waals surface area contributed by atoms with Crippen molar-refractivity contribution in [3.63, 3.8) is 0 Å². The second-order valence-corrected chi connectivity index (χ2v) is 13.7. The van der Waals surface area contributed by atoms with Crippen LogP contribution in [0.3, 0.4) is 0 Å². The number of hydrogen-bond donors (Lipinski definition) is 4. The number of benzene rings is 2. The van der Waals surface area contributed by atoms with Gasteiger partial charge in [0, 0.05) is 19.6 Å². The van der Waals surface area contributed by atoms with E-state index in [9.17, 15) is 10.2 Å². The molecule has 4 rings (SSSR count). The van der Waals surface area contributed by atoms with E-state index >= 15 is 0 Å². The fraction of sp³-hybridized carbons (Fsp3) is 0.692. The average Bonchev–Trinajstić information content (AvgIpc) is 3.04. The highest BCUT2D eigenvalue weighted by molar-refractivity contribution is 5.52. The molecule has 0 amide bonds. The monoisotopic (exact) mass is 592 g/mol.